The summed E-state index contributed by atoms with van der Waals surface area (Å²) >= 11 is 0. The second kappa shape index (κ2) is 6.64. The fourth-order valence-electron chi connectivity index (χ4n) is 1.37. The summed E-state index contributed by atoms with van der Waals surface area (Å²) in [4.78, 5) is 10.4. The van der Waals surface area contributed by atoms with Crippen LogP contribution in [0.25, 0.3) is 0 Å². The van der Waals surface area contributed by atoms with E-state index in [4.69, 9.17) is 9.84 Å². The van der Waals surface area contributed by atoms with Gasteiger partial charge >= 0.3 is 5.97 Å². The van der Waals surface area contributed by atoms with Crippen LogP contribution in [0, 0.1) is 0 Å². The minimum absolute atomic E-state index is 0.0721. The van der Waals surface area contributed by atoms with Crippen molar-refractivity contribution >= 4 is 16.0 Å². The Bertz CT molecular complexity index is 525. The summed E-state index contributed by atoms with van der Waals surface area (Å²) in [7, 11) is -3.71. The van der Waals surface area contributed by atoms with E-state index >= 15 is 0 Å². The van der Waals surface area contributed by atoms with Crippen LogP contribution in [0.1, 0.15) is 13.8 Å². The van der Waals surface area contributed by atoms with Crippen molar-refractivity contribution in [2.45, 2.75) is 31.3 Å². The number of nitrogens with zero attached hydrogens (tertiary/aromatic N) is 2. The van der Waals surface area contributed by atoms with Gasteiger partial charge in [-0.1, -0.05) is 0 Å². The quantitative estimate of drug-likeness (QED) is 0.678. The van der Waals surface area contributed by atoms with Crippen LogP contribution in [0.3, 0.4) is 0 Å². The average Bonchev–Trinajstić information content (AvgIpc) is 2.74. The zero-order chi connectivity index (χ0) is 14.5. The van der Waals surface area contributed by atoms with Gasteiger partial charge in [-0.3, -0.25) is 9.48 Å². The fraction of sp³-hybridized carbons (Fsp3) is 0.600. The molecule has 8 nitrogen and oxygen atoms in total. The summed E-state index contributed by atoms with van der Waals surface area (Å²) in [6.45, 7) is 3.87. The van der Waals surface area contributed by atoms with Crippen LogP contribution < -0.4 is 4.72 Å². The standard InChI is InChI=1S/C10H17N3O5S/c1-3-18-7-8(2)12-19(16,17)9-4-11-13(5-9)6-10(14)15/h4-5,8,12H,3,6-7H2,1-2H3,(H,14,15). The Morgan fingerprint density at radius 1 is 1.63 bits per heavy atom. The molecule has 0 aliphatic heterocycles. The average molecular weight is 291 g/mol. The van der Waals surface area contributed by atoms with Crippen LogP contribution in [0.15, 0.2) is 17.3 Å². The highest BCUT2D eigenvalue weighted by molar-refractivity contribution is 7.89. The third-order valence-corrected chi connectivity index (χ3v) is 3.69. The second-order valence-corrected chi connectivity index (χ2v) is 5.66. The first-order valence-electron chi connectivity index (χ1n) is 5.69. The normalized spacial score (nSPS) is 13.4. The lowest BCUT2D eigenvalue weighted by Crippen LogP contribution is -2.35. The summed E-state index contributed by atoms with van der Waals surface area (Å²) in [5.74, 6) is -1.09. The maximum atomic E-state index is 11.9. The van der Waals surface area contributed by atoms with Crippen molar-refractivity contribution in [3.8, 4) is 0 Å². The van der Waals surface area contributed by atoms with E-state index < -0.39 is 16.0 Å². The molecule has 0 spiro atoms. The first-order chi connectivity index (χ1) is 8.85. The highest BCUT2D eigenvalue weighted by Crippen LogP contribution is 2.07. The molecule has 2 N–H and O–H groups in total. The topological polar surface area (TPSA) is 111 Å². The Labute approximate surface area is 111 Å². The Morgan fingerprint density at radius 3 is 2.89 bits per heavy atom. The zero-order valence-electron chi connectivity index (χ0n) is 10.7. The molecule has 0 bridgehead atoms. The lowest BCUT2D eigenvalue weighted by atomic mass is 10.4. The summed E-state index contributed by atoms with van der Waals surface area (Å²) < 4.78 is 32.5. The highest BCUT2D eigenvalue weighted by Gasteiger charge is 2.19. The first-order valence-corrected chi connectivity index (χ1v) is 7.17. The molecule has 19 heavy (non-hydrogen) atoms. The molecule has 0 radical (unpaired) electrons. The van der Waals surface area contributed by atoms with Crippen molar-refractivity contribution < 1.29 is 23.1 Å². The molecule has 1 unspecified atom stereocenters. The molecule has 1 heterocycles. The van der Waals surface area contributed by atoms with Crippen molar-refractivity contribution in [1.29, 1.82) is 0 Å². The Morgan fingerprint density at radius 2 is 2.32 bits per heavy atom. The van der Waals surface area contributed by atoms with Crippen LogP contribution in [-0.2, 0) is 26.1 Å². The Hall–Kier alpha value is -1.45. The van der Waals surface area contributed by atoms with Crippen molar-refractivity contribution in [1.82, 2.24) is 14.5 Å². The van der Waals surface area contributed by atoms with Gasteiger partial charge in [-0.2, -0.15) is 5.10 Å². The van der Waals surface area contributed by atoms with Gasteiger partial charge in [0.1, 0.15) is 11.4 Å². The summed E-state index contributed by atoms with van der Waals surface area (Å²) in [6, 6.07) is -0.382. The number of carbonyl (C=O) groups is 1. The van der Waals surface area contributed by atoms with Gasteiger partial charge in [0.2, 0.25) is 10.0 Å². The zero-order valence-corrected chi connectivity index (χ0v) is 11.6. The minimum Gasteiger partial charge on any atom is -0.480 e. The number of nitrogens with one attached hydrogen (secondary N) is 1. The van der Waals surface area contributed by atoms with Gasteiger partial charge in [-0.05, 0) is 13.8 Å². The van der Waals surface area contributed by atoms with E-state index in [-0.39, 0.29) is 24.1 Å². The molecule has 0 aromatic carbocycles. The molecular formula is C10H17N3O5S. The van der Waals surface area contributed by atoms with Crippen LogP contribution in [-0.4, -0.2) is 48.5 Å². The summed E-state index contributed by atoms with van der Waals surface area (Å²) in [6.07, 6.45) is 2.28. The van der Waals surface area contributed by atoms with Crippen LogP contribution in [0.4, 0.5) is 0 Å². The van der Waals surface area contributed by atoms with Crippen LogP contribution in [0.5, 0.6) is 0 Å². The third kappa shape index (κ3) is 4.97. The maximum absolute atomic E-state index is 11.9. The number of aliphatic carboxylic acids is 1. The smallest absolute Gasteiger partial charge is 0.325 e. The van der Waals surface area contributed by atoms with Crippen LogP contribution in [0.2, 0.25) is 0 Å². The van der Waals surface area contributed by atoms with Gasteiger partial charge in [0.25, 0.3) is 0 Å². The fourth-order valence-corrected chi connectivity index (χ4v) is 2.55. The molecule has 9 heteroatoms. The molecule has 1 rings (SSSR count). The molecule has 1 atom stereocenters. The monoisotopic (exact) mass is 291 g/mol. The first kappa shape index (κ1) is 15.6. The molecule has 1 aromatic rings. The largest absolute Gasteiger partial charge is 0.480 e. The van der Waals surface area contributed by atoms with Gasteiger partial charge in [0.05, 0.1) is 12.8 Å². The molecule has 0 fully saturated rings. The number of hydrogen-bond donors (Lipinski definition) is 2. The number of carboxylic acid groups (broad SMARTS) is 1. The van der Waals surface area contributed by atoms with Gasteiger partial charge in [0, 0.05) is 18.8 Å². The van der Waals surface area contributed by atoms with E-state index in [0.717, 1.165) is 10.9 Å². The number of ether oxygens (including phenoxy) is 1. The van der Waals surface area contributed by atoms with E-state index in [2.05, 4.69) is 9.82 Å². The second-order valence-electron chi connectivity index (χ2n) is 3.95. The van der Waals surface area contributed by atoms with Crippen molar-refractivity contribution in [2.24, 2.45) is 0 Å². The molecule has 1 aromatic heterocycles. The van der Waals surface area contributed by atoms with Gasteiger partial charge in [0.15, 0.2) is 0 Å². The molecular weight excluding hydrogens is 274 g/mol. The number of aromatic nitrogens is 2. The van der Waals surface area contributed by atoms with E-state index in [0.29, 0.717) is 6.61 Å². The number of sulfonamides is 1. The predicted octanol–water partition coefficient (Wildman–Crippen LogP) is -0.329. The van der Waals surface area contributed by atoms with E-state index in [1.54, 1.807) is 6.92 Å². The minimum atomic E-state index is -3.71. The van der Waals surface area contributed by atoms with Crippen molar-refractivity contribution in [2.75, 3.05) is 13.2 Å². The van der Waals surface area contributed by atoms with E-state index in [1.807, 2.05) is 6.92 Å². The van der Waals surface area contributed by atoms with Crippen molar-refractivity contribution in [3.05, 3.63) is 12.4 Å². The molecule has 0 aliphatic carbocycles. The highest BCUT2D eigenvalue weighted by atomic mass is 32.2. The Kier molecular flexibility index (Phi) is 5.45. The van der Waals surface area contributed by atoms with Crippen LogP contribution >= 0.6 is 0 Å². The molecule has 0 saturated heterocycles. The summed E-state index contributed by atoms with van der Waals surface area (Å²) in [5.41, 5.74) is 0. The van der Waals surface area contributed by atoms with Gasteiger partial charge < -0.3 is 9.84 Å². The third-order valence-electron chi connectivity index (χ3n) is 2.15. The lowest BCUT2D eigenvalue weighted by Gasteiger charge is -2.12. The number of hydrogen-bond acceptors (Lipinski definition) is 5. The molecule has 108 valence electrons. The molecule has 0 saturated carbocycles. The van der Waals surface area contributed by atoms with Gasteiger partial charge in [-0.25, -0.2) is 13.1 Å². The predicted molar refractivity (Wildman–Crippen MR) is 66.1 cm³/mol. The van der Waals surface area contributed by atoms with E-state index in [9.17, 15) is 13.2 Å². The number of rotatable bonds is 8. The maximum Gasteiger partial charge on any atom is 0.325 e. The van der Waals surface area contributed by atoms with Crippen molar-refractivity contribution in [3.63, 3.8) is 0 Å². The Balaban J connectivity index is 2.71. The number of carboxylic acids is 1. The van der Waals surface area contributed by atoms with Gasteiger partial charge in [-0.15, -0.1) is 0 Å². The molecule has 0 aliphatic rings. The molecule has 0 amide bonds. The lowest BCUT2D eigenvalue weighted by molar-refractivity contribution is -0.137. The summed E-state index contributed by atoms with van der Waals surface area (Å²) in [5, 5.41) is 12.3. The SMILES string of the molecule is CCOCC(C)NS(=O)(=O)c1cnn(CC(=O)O)c1. The van der Waals surface area contributed by atoms with E-state index in [1.165, 1.54) is 6.20 Å².